The third-order valence-corrected chi connectivity index (χ3v) is 4.90. The molecule has 0 spiro atoms. The van der Waals surface area contributed by atoms with Gasteiger partial charge in [-0.15, -0.1) is 6.42 Å². The van der Waals surface area contributed by atoms with Crippen molar-refractivity contribution in [1.29, 1.82) is 0 Å². The standard InChI is InChI=1S/C30H19NO2/c1-5-6-7-8-9-10-11-12-13-14-15-16-17-18-20-30(3)21-19-26-22-28-27(23-31(4)24-32-28)25(2)29(26)33-30/h1,22H,19,21,23-24H2,2-4H3/t30-/m1/s1. The van der Waals surface area contributed by atoms with E-state index in [4.69, 9.17) is 15.9 Å². The minimum absolute atomic E-state index is 0.601. The normalized spacial score (nSPS) is 16.4. The topological polar surface area (TPSA) is 21.7 Å². The van der Waals surface area contributed by atoms with Gasteiger partial charge in [0.2, 0.25) is 0 Å². The van der Waals surface area contributed by atoms with Crippen LogP contribution in [0, 0.1) is 102 Å². The summed E-state index contributed by atoms with van der Waals surface area (Å²) in [7, 11) is 2.04. The SMILES string of the molecule is C#CC#CC#CC#CC#CC#CC#CC#C[C@]1(C)CCc2cc3c(c(C)c2O1)CN(C)CO3. The maximum atomic E-state index is 6.35. The van der Waals surface area contributed by atoms with E-state index in [1.54, 1.807) is 0 Å². The number of rotatable bonds is 0. The van der Waals surface area contributed by atoms with Crippen LogP contribution in [0.5, 0.6) is 11.5 Å². The number of benzene rings is 1. The Balaban J connectivity index is 1.63. The summed E-state index contributed by atoms with van der Waals surface area (Å²) in [6, 6.07) is 2.11. The molecular formula is C30H19NO2. The predicted octanol–water partition coefficient (Wildman–Crippen LogP) is 2.52. The molecule has 1 aromatic carbocycles. The van der Waals surface area contributed by atoms with Crippen LogP contribution in [-0.2, 0) is 13.0 Å². The summed E-state index contributed by atoms with van der Waals surface area (Å²) in [6.45, 7) is 5.52. The Bertz CT molecular complexity index is 1460. The van der Waals surface area contributed by atoms with Gasteiger partial charge in [-0.1, -0.05) is 0 Å². The molecule has 3 rings (SSSR count). The van der Waals surface area contributed by atoms with Crippen molar-refractivity contribution in [3.63, 3.8) is 0 Å². The molecule has 0 aromatic heterocycles. The number of nitrogens with zero attached hydrogens (tertiary/aromatic N) is 1. The van der Waals surface area contributed by atoms with Crippen molar-refractivity contribution in [3.05, 3.63) is 22.8 Å². The second-order valence-electron chi connectivity index (χ2n) is 7.48. The van der Waals surface area contributed by atoms with Gasteiger partial charge in [0.1, 0.15) is 18.2 Å². The molecule has 0 unspecified atom stereocenters. The summed E-state index contributed by atoms with van der Waals surface area (Å²) < 4.78 is 12.2. The number of aryl methyl sites for hydroxylation is 1. The van der Waals surface area contributed by atoms with E-state index in [9.17, 15) is 0 Å². The Kier molecular flexibility index (Phi) is 7.67. The lowest BCUT2D eigenvalue weighted by atomic mass is 9.89. The molecule has 156 valence electrons. The molecule has 0 saturated carbocycles. The fourth-order valence-electron chi connectivity index (χ4n) is 3.30. The van der Waals surface area contributed by atoms with Crippen LogP contribution < -0.4 is 9.47 Å². The Morgan fingerprint density at radius 2 is 1.48 bits per heavy atom. The average Bonchev–Trinajstić information content (AvgIpc) is 2.80. The van der Waals surface area contributed by atoms with Crippen molar-refractivity contribution in [2.24, 2.45) is 0 Å². The van der Waals surface area contributed by atoms with E-state index in [0.717, 1.165) is 36.4 Å². The largest absolute Gasteiger partial charge is 0.478 e. The molecule has 2 aliphatic heterocycles. The van der Waals surface area contributed by atoms with Gasteiger partial charge in [-0.05, 0) is 133 Å². The predicted molar refractivity (Wildman–Crippen MR) is 129 cm³/mol. The molecule has 0 aliphatic carbocycles. The fourth-order valence-corrected chi connectivity index (χ4v) is 3.30. The van der Waals surface area contributed by atoms with Crippen molar-refractivity contribution >= 4 is 0 Å². The Morgan fingerprint density at radius 1 is 0.909 bits per heavy atom. The highest BCUT2D eigenvalue weighted by atomic mass is 16.5. The van der Waals surface area contributed by atoms with Gasteiger partial charge in [0, 0.05) is 18.5 Å². The van der Waals surface area contributed by atoms with Crippen molar-refractivity contribution in [3.8, 4) is 107 Å². The van der Waals surface area contributed by atoms with Crippen LogP contribution in [0.1, 0.15) is 30.0 Å². The summed E-state index contributed by atoms with van der Waals surface area (Å²) in [6.07, 6.45) is 6.61. The maximum Gasteiger partial charge on any atom is 0.167 e. The fraction of sp³-hybridized carbons (Fsp3) is 0.267. The molecule has 3 nitrogen and oxygen atoms in total. The summed E-state index contributed by atoms with van der Waals surface area (Å²) in [5, 5.41) is 0. The molecule has 0 saturated heterocycles. The van der Waals surface area contributed by atoms with Crippen LogP contribution in [0.2, 0.25) is 0 Å². The van der Waals surface area contributed by atoms with E-state index in [1.807, 2.05) is 14.0 Å². The van der Waals surface area contributed by atoms with E-state index < -0.39 is 5.60 Å². The van der Waals surface area contributed by atoms with E-state index in [1.165, 1.54) is 11.1 Å². The van der Waals surface area contributed by atoms with Crippen molar-refractivity contribution in [1.82, 2.24) is 4.90 Å². The molecule has 0 bridgehead atoms. The van der Waals surface area contributed by atoms with Gasteiger partial charge in [0.25, 0.3) is 0 Å². The van der Waals surface area contributed by atoms with Crippen LogP contribution in [0.15, 0.2) is 6.07 Å². The third kappa shape index (κ3) is 6.37. The van der Waals surface area contributed by atoms with Crippen molar-refractivity contribution < 1.29 is 9.47 Å². The highest BCUT2D eigenvalue weighted by molar-refractivity contribution is 5.55. The second kappa shape index (κ2) is 11.0. The molecule has 2 heterocycles. The van der Waals surface area contributed by atoms with Crippen LogP contribution in [0.4, 0.5) is 0 Å². The van der Waals surface area contributed by atoms with Gasteiger partial charge < -0.3 is 9.47 Å². The smallest absolute Gasteiger partial charge is 0.167 e. The first-order valence-corrected chi connectivity index (χ1v) is 10.2. The Hall–Kier alpha value is -4.74. The van der Waals surface area contributed by atoms with Crippen LogP contribution in [-0.4, -0.2) is 24.3 Å². The van der Waals surface area contributed by atoms with E-state index in [2.05, 4.69) is 107 Å². The first kappa shape index (κ1) is 22.9. The van der Waals surface area contributed by atoms with Gasteiger partial charge in [-0.2, -0.15) is 0 Å². The molecule has 3 heteroatoms. The molecular weight excluding hydrogens is 406 g/mol. The van der Waals surface area contributed by atoms with Gasteiger partial charge in [0.15, 0.2) is 5.60 Å². The lowest BCUT2D eigenvalue weighted by molar-refractivity contribution is 0.110. The number of fused-ring (bicyclic) bond motifs is 2. The van der Waals surface area contributed by atoms with Crippen molar-refractivity contribution in [2.45, 2.75) is 38.8 Å². The summed E-state index contributed by atoms with van der Waals surface area (Å²) >= 11 is 0. The van der Waals surface area contributed by atoms with Gasteiger partial charge in [0.05, 0.1) is 0 Å². The molecule has 0 N–H and O–H groups in total. The monoisotopic (exact) mass is 425 g/mol. The van der Waals surface area contributed by atoms with Crippen LogP contribution in [0.3, 0.4) is 0 Å². The maximum absolute atomic E-state index is 6.35. The molecule has 1 atom stereocenters. The zero-order valence-corrected chi connectivity index (χ0v) is 18.7. The summed E-state index contributed by atoms with van der Waals surface area (Å²) in [4.78, 5) is 2.13. The minimum atomic E-state index is -0.601. The van der Waals surface area contributed by atoms with Crippen LogP contribution in [0.25, 0.3) is 0 Å². The Labute approximate surface area is 196 Å². The number of terminal acetylenes is 1. The quantitative estimate of drug-likeness (QED) is 0.597. The van der Waals surface area contributed by atoms with E-state index >= 15 is 0 Å². The van der Waals surface area contributed by atoms with Crippen molar-refractivity contribution in [2.75, 3.05) is 13.8 Å². The minimum Gasteiger partial charge on any atom is -0.478 e. The van der Waals surface area contributed by atoms with Crippen LogP contribution >= 0.6 is 0 Å². The second-order valence-corrected chi connectivity index (χ2v) is 7.48. The Morgan fingerprint density at radius 3 is 2.09 bits per heavy atom. The highest BCUT2D eigenvalue weighted by Crippen LogP contribution is 2.42. The zero-order valence-electron chi connectivity index (χ0n) is 18.7. The first-order valence-electron chi connectivity index (χ1n) is 10.2. The summed E-state index contributed by atoms with van der Waals surface area (Å²) in [5.41, 5.74) is 2.86. The van der Waals surface area contributed by atoms with Gasteiger partial charge in [-0.25, -0.2) is 0 Å². The molecule has 2 aliphatic rings. The lowest BCUT2D eigenvalue weighted by Crippen LogP contribution is -2.36. The van der Waals surface area contributed by atoms with E-state index in [-0.39, 0.29) is 0 Å². The number of hydrogen-bond donors (Lipinski definition) is 0. The average molecular weight is 425 g/mol. The molecule has 0 radical (unpaired) electrons. The third-order valence-electron chi connectivity index (χ3n) is 4.90. The first-order chi connectivity index (χ1) is 16.0. The highest BCUT2D eigenvalue weighted by Gasteiger charge is 2.33. The zero-order chi connectivity index (χ0) is 23.5. The van der Waals surface area contributed by atoms with E-state index in [0.29, 0.717) is 6.73 Å². The molecule has 0 fully saturated rings. The summed E-state index contributed by atoms with van der Waals surface area (Å²) in [5.74, 6) is 40.6. The van der Waals surface area contributed by atoms with Gasteiger partial charge in [-0.3, -0.25) is 4.90 Å². The molecule has 0 amide bonds. The number of ether oxygens (including phenoxy) is 2. The molecule has 1 aromatic rings. The molecule has 33 heavy (non-hydrogen) atoms. The van der Waals surface area contributed by atoms with Gasteiger partial charge >= 0.3 is 0 Å². The lowest BCUT2D eigenvalue weighted by Gasteiger charge is -2.35. The number of hydrogen-bond acceptors (Lipinski definition) is 3.